The lowest BCUT2D eigenvalue weighted by atomic mass is 9.95. The maximum atomic E-state index is 12.9. The van der Waals surface area contributed by atoms with Gasteiger partial charge in [0.05, 0.1) is 30.5 Å². The van der Waals surface area contributed by atoms with E-state index in [1.54, 1.807) is 29.2 Å². The minimum atomic E-state index is -0.459. The Hall–Kier alpha value is -3.59. The minimum absolute atomic E-state index is 0.227. The Morgan fingerprint density at radius 1 is 1.11 bits per heavy atom. The van der Waals surface area contributed by atoms with Crippen LogP contribution in [0.3, 0.4) is 0 Å². The zero-order chi connectivity index (χ0) is 25.5. The largest absolute Gasteiger partial charge is 0.492 e. The standard InChI is InChI=1S/C26H32N4O4S/c1-6-33-21-10-8-7-9-20(21)28-25(32)27-19-13-11-18(12-14-19)23-22(24(31)34-15-16(2)3)17(4)30(5)26(35)29-23/h7-14,16,23H,6,15H2,1-5H3,(H,29,35)(H2,27,28,32). The molecular formula is C26H32N4O4S. The molecule has 3 N–H and O–H groups in total. The number of hydrogen-bond acceptors (Lipinski definition) is 5. The van der Waals surface area contributed by atoms with E-state index in [-0.39, 0.29) is 11.9 Å². The average molecular weight is 497 g/mol. The minimum Gasteiger partial charge on any atom is -0.492 e. The van der Waals surface area contributed by atoms with E-state index in [2.05, 4.69) is 16.0 Å². The number of thiocarbonyl (C=S) groups is 1. The number of benzene rings is 2. The van der Waals surface area contributed by atoms with Crippen molar-refractivity contribution in [2.24, 2.45) is 5.92 Å². The number of nitrogens with zero attached hydrogens (tertiary/aromatic N) is 1. The van der Waals surface area contributed by atoms with Gasteiger partial charge in [0.1, 0.15) is 5.75 Å². The molecule has 0 fully saturated rings. The van der Waals surface area contributed by atoms with E-state index in [1.165, 1.54) is 0 Å². The van der Waals surface area contributed by atoms with Crippen molar-refractivity contribution in [1.29, 1.82) is 0 Å². The number of allylic oxidation sites excluding steroid dienone is 1. The number of para-hydroxylation sites is 2. The molecule has 1 aliphatic heterocycles. The summed E-state index contributed by atoms with van der Waals surface area (Å²) >= 11 is 5.46. The van der Waals surface area contributed by atoms with Crippen molar-refractivity contribution in [3.8, 4) is 5.75 Å². The Balaban J connectivity index is 1.75. The molecular weight excluding hydrogens is 464 g/mol. The van der Waals surface area contributed by atoms with Crippen molar-refractivity contribution < 1.29 is 19.1 Å². The summed E-state index contributed by atoms with van der Waals surface area (Å²) in [4.78, 5) is 27.2. The van der Waals surface area contributed by atoms with Crippen molar-refractivity contribution in [2.45, 2.75) is 33.7 Å². The van der Waals surface area contributed by atoms with Crippen LogP contribution >= 0.6 is 12.2 Å². The quantitative estimate of drug-likeness (QED) is 0.347. The normalized spacial score (nSPS) is 15.5. The van der Waals surface area contributed by atoms with Gasteiger partial charge < -0.3 is 30.3 Å². The summed E-state index contributed by atoms with van der Waals surface area (Å²) in [6, 6.07) is 13.6. The molecule has 3 rings (SSSR count). The number of carbonyl (C=O) groups excluding carboxylic acids is 2. The van der Waals surface area contributed by atoms with Gasteiger partial charge in [-0.2, -0.15) is 0 Å². The number of nitrogens with one attached hydrogen (secondary N) is 3. The molecule has 2 aromatic rings. The second-order valence-electron chi connectivity index (χ2n) is 8.56. The zero-order valence-electron chi connectivity index (χ0n) is 20.7. The first-order valence-electron chi connectivity index (χ1n) is 11.5. The lowest BCUT2D eigenvalue weighted by Crippen LogP contribution is -2.46. The summed E-state index contributed by atoms with van der Waals surface area (Å²) in [5.74, 6) is 0.451. The van der Waals surface area contributed by atoms with E-state index >= 15 is 0 Å². The molecule has 0 spiro atoms. The Labute approximate surface area is 211 Å². The van der Waals surface area contributed by atoms with Crippen LogP contribution in [-0.4, -0.2) is 42.3 Å². The van der Waals surface area contributed by atoms with Gasteiger partial charge in [-0.05, 0) is 61.8 Å². The van der Waals surface area contributed by atoms with Gasteiger partial charge in [-0.3, -0.25) is 0 Å². The van der Waals surface area contributed by atoms with Crippen LogP contribution in [0, 0.1) is 5.92 Å². The number of amides is 2. The first-order valence-corrected chi connectivity index (χ1v) is 11.9. The third-order valence-corrected chi connectivity index (χ3v) is 5.85. The van der Waals surface area contributed by atoms with Gasteiger partial charge in [-0.1, -0.05) is 38.1 Å². The molecule has 1 atom stereocenters. The predicted octanol–water partition coefficient (Wildman–Crippen LogP) is 5.06. The predicted molar refractivity (Wildman–Crippen MR) is 141 cm³/mol. The Morgan fingerprint density at radius 3 is 2.46 bits per heavy atom. The highest BCUT2D eigenvalue weighted by atomic mass is 32.1. The summed E-state index contributed by atoms with van der Waals surface area (Å²) in [7, 11) is 1.81. The van der Waals surface area contributed by atoms with Crippen LogP contribution in [0.25, 0.3) is 0 Å². The van der Waals surface area contributed by atoms with Crippen LogP contribution in [-0.2, 0) is 9.53 Å². The Morgan fingerprint density at radius 2 is 1.80 bits per heavy atom. The van der Waals surface area contributed by atoms with E-state index in [1.807, 2.05) is 59.0 Å². The molecule has 9 heteroatoms. The van der Waals surface area contributed by atoms with Crippen molar-refractivity contribution in [3.05, 3.63) is 65.4 Å². The van der Waals surface area contributed by atoms with Crippen molar-refractivity contribution in [3.63, 3.8) is 0 Å². The number of ether oxygens (including phenoxy) is 2. The van der Waals surface area contributed by atoms with Crippen LogP contribution in [0.2, 0.25) is 0 Å². The monoisotopic (exact) mass is 496 g/mol. The lowest BCUT2D eigenvalue weighted by Gasteiger charge is -2.35. The summed E-state index contributed by atoms with van der Waals surface area (Å²) < 4.78 is 11.1. The molecule has 35 heavy (non-hydrogen) atoms. The van der Waals surface area contributed by atoms with Crippen LogP contribution in [0.15, 0.2) is 59.8 Å². The molecule has 2 amide bonds. The van der Waals surface area contributed by atoms with E-state index < -0.39 is 12.1 Å². The van der Waals surface area contributed by atoms with E-state index in [0.29, 0.717) is 41.0 Å². The lowest BCUT2D eigenvalue weighted by molar-refractivity contribution is -0.140. The molecule has 0 aromatic heterocycles. The SMILES string of the molecule is CCOc1ccccc1NC(=O)Nc1ccc(C2NC(=S)N(C)C(C)=C2C(=O)OCC(C)C)cc1. The van der Waals surface area contributed by atoms with Gasteiger partial charge in [0.2, 0.25) is 0 Å². The van der Waals surface area contributed by atoms with Gasteiger partial charge in [-0.25, -0.2) is 9.59 Å². The summed E-state index contributed by atoms with van der Waals surface area (Å²) in [5.41, 5.74) is 3.25. The number of rotatable bonds is 8. The van der Waals surface area contributed by atoms with Crippen LogP contribution in [0.1, 0.15) is 39.3 Å². The molecule has 1 aliphatic rings. The number of esters is 1. The number of anilines is 2. The average Bonchev–Trinajstić information content (AvgIpc) is 2.82. The van der Waals surface area contributed by atoms with Gasteiger partial charge in [-0.15, -0.1) is 0 Å². The van der Waals surface area contributed by atoms with Crippen LogP contribution < -0.4 is 20.7 Å². The smallest absolute Gasteiger partial charge is 0.338 e. The maximum absolute atomic E-state index is 12.9. The molecule has 1 unspecified atom stereocenters. The zero-order valence-corrected chi connectivity index (χ0v) is 21.5. The first kappa shape index (κ1) is 26.0. The fraction of sp³-hybridized carbons (Fsp3) is 0.346. The second-order valence-corrected chi connectivity index (χ2v) is 8.95. The van der Waals surface area contributed by atoms with Gasteiger partial charge in [0.15, 0.2) is 5.11 Å². The molecule has 0 saturated carbocycles. The Bertz CT molecular complexity index is 1110. The second kappa shape index (κ2) is 11.7. The van der Waals surface area contributed by atoms with Crippen molar-refractivity contribution in [2.75, 3.05) is 30.9 Å². The van der Waals surface area contributed by atoms with E-state index in [9.17, 15) is 9.59 Å². The van der Waals surface area contributed by atoms with Crippen LogP contribution in [0.5, 0.6) is 5.75 Å². The maximum Gasteiger partial charge on any atom is 0.338 e. The van der Waals surface area contributed by atoms with Crippen molar-refractivity contribution >= 4 is 40.7 Å². The molecule has 0 radical (unpaired) electrons. The van der Waals surface area contributed by atoms with Gasteiger partial charge in [0, 0.05) is 18.4 Å². The third-order valence-electron chi connectivity index (χ3n) is 5.46. The van der Waals surface area contributed by atoms with E-state index in [4.69, 9.17) is 21.7 Å². The summed E-state index contributed by atoms with van der Waals surface area (Å²) in [6.07, 6.45) is 0. The van der Waals surface area contributed by atoms with Gasteiger partial charge >= 0.3 is 12.0 Å². The molecule has 0 aliphatic carbocycles. The Kier molecular flexibility index (Phi) is 8.70. The number of hydrogen-bond donors (Lipinski definition) is 3. The number of carbonyl (C=O) groups is 2. The van der Waals surface area contributed by atoms with Crippen molar-refractivity contribution in [1.82, 2.24) is 10.2 Å². The molecule has 8 nitrogen and oxygen atoms in total. The summed E-state index contributed by atoms with van der Waals surface area (Å²) in [5, 5.41) is 9.37. The fourth-order valence-corrected chi connectivity index (χ4v) is 3.82. The molecule has 0 bridgehead atoms. The highest BCUT2D eigenvalue weighted by molar-refractivity contribution is 7.80. The fourth-order valence-electron chi connectivity index (χ4n) is 3.56. The first-order chi connectivity index (χ1) is 16.7. The molecule has 2 aromatic carbocycles. The highest BCUT2D eigenvalue weighted by Gasteiger charge is 2.33. The molecule has 1 heterocycles. The highest BCUT2D eigenvalue weighted by Crippen LogP contribution is 2.31. The van der Waals surface area contributed by atoms with Crippen LogP contribution in [0.4, 0.5) is 16.2 Å². The molecule has 0 saturated heterocycles. The number of urea groups is 1. The molecule has 186 valence electrons. The van der Waals surface area contributed by atoms with E-state index in [0.717, 1.165) is 11.3 Å². The topological polar surface area (TPSA) is 91.9 Å². The summed E-state index contributed by atoms with van der Waals surface area (Å²) in [6.45, 7) is 8.55. The van der Waals surface area contributed by atoms with Gasteiger partial charge in [0.25, 0.3) is 0 Å². The third kappa shape index (κ3) is 6.51.